The third-order valence-electron chi connectivity index (χ3n) is 11.4. The number of ether oxygens (including phenoxy) is 5. The van der Waals surface area contributed by atoms with Gasteiger partial charge in [0.25, 0.3) is 9.05 Å². The summed E-state index contributed by atoms with van der Waals surface area (Å²) in [6.07, 6.45) is 0. The van der Waals surface area contributed by atoms with Crippen molar-refractivity contribution < 1.29 is 83.5 Å². The number of nitrogens with one attached hydrogen (secondary N) is 1. The minimum atomic E-state index is -3.66. The zero-order valence-electron chi connectivity index (χ0n) is 43.4. The Morgan fingerprint density at radius 1 is 0.453 bits per heavy atom. The van der Waals surface area contributed by atoms with Crippen molar-refractivity contribution in [3.63, 3.8) is 0 Å². The second-order valence-corrected chi connectivity index (χ2v) is 19.0. The van der Waals surface area contributed by atoms with Gasteiger partial charge < -0.3 is 40.1 Å². The second kappa shape index (κ2) is 30.6. The summed E-state index contributed by atoms with van der Waals surface area (Å²) in [6.45, 7) is 3.14. The van der Waals surface area contributed by atoms with Crippen molar-refractivity contribution in [3.05, 3.63) is 240 Å². The molecule has 0 aliphatic rings. The molecule has 13 heteroatoms. The molecule has 10 nitrogen and oxygen atoms in total. The van der Waals surface area contributed by atoms with Gasteiger partial charge in [0.15, 0.2) is 23.0 Å². The first kappa shape index (κ1) is 59.1. The van der Waals surface area contributed by atoms with E-state index in [1.54, 1.807) is 34.5 Å². The molecule has 0 fully saturated rings. The van der Waals surface area contributed by atoms with Gasteiger partial charge in [-0.05, 0) is 106 Å². The Hall–Kier alpha value is -6.74. The molecule has 380 valence electrons. The molecule has 0 unspecified atom stereocenters. The molecule has 0 bridgehead atoms. The number of nitrogens with zero attached hydrogens (tertiary/aromatic N) is 1. The van der Waals surface area contributed by atoms with Crippen LogP contribution in [0.25, 0.3) is 38.7 Å². The Bertz CT molecular complexity index is 3140. The fourth-order valence-corrected chi connectivity index (χ4v) is 8.28. The topological polar surface area (TPSA) is 132 Å². The fraction of sp³-hybridized carbons (Fsp3) is 0.129. The number of nitrogen functional groups attached to an aromatic ring is 1. The van der Waals surface area contributed by atoms with E-state index in [1.807, 2.05) is 116 Å². The van der Waals surface area contributed by atoms with Crippen molar-refractivity contribution in [2.24, 2.45) is 0 Å². The summed E-state index contributed by atoms with van der Waals surface area (Å²) in [5.74, 6) is 3.46. The number of aryl methyl sites for hydroxylation is 1. The van der Waals surface area contributed by atoms with Gasteiger partial charge in [-0.3, -0.25) is 0 Å². The summed E-state index contributed by atoms with van der Waals surface area (Å²) in [7, 11) is 9.55. The number of hydrogen-bond acceptors (Lipinski definition) is 9. The molecule has 0 atom stereocenters. The van der Waals surface area contributed by atoms with Crippen LogP contribution in [0.3, 0.4) is 0 Å². The largest absolute Gasteiger partial charge is 1.00 e. The van der Waals surface area contributed by atoms with Gasteiger partial charge in [0.2, 0.25) is 0 Å². The molecule has 9 aromatic carbocycles. The van der Waals surface area contributed by atoms with Crippen LogP contribution in [0, 0.1) is 6.92 Å². The standard InChI is InChI=1S/C21H21NO2.C21H20NO2.C12H11N.C8H9ClO3S.K/c2*1-23-20-12-11-16(13-21(20)24-2)15-22-19-10-6-9-18(14-19)17-7-4-3-5-8-17;13-12-8-4-7-11(9-12)10-5-2-1-3-6-10;1-6-3-4-7(13(9,10)11)5-8(6)12-2;/h3-14,22H,15H2,1-2H3;3-14H,15H2,1-2H3;1-9H,13H2;3-5H,1-2H3;/q;-1;;;+1. The van der Waals surface area contributed by atoms with Gasteiger partial charge in [-0.25, -0.2) is 8.42 Å². The van der Waals surface area contributed by atoms with Crippen LogP contribution in [-0.2, 0) is 22.1 Å². The maximum Gasteiger partial charge on any atom is 1.00 e. The SMILES string of the molecule is COc1cc(S(=O)(=O)Cl)ccc1C.COc1ccc(CNc2cccc(-c3ccccc3)c2)cc1OC.COc1ccc(C[N-]c2cccc(-c3ccccc3)c2)cc1OC.Nc1cccc(-c2ccccc2)c1.[K+]. The first-order valence-electron chi connectivity index (χ1n) is 23.6. The van der Waals surface area contributed by atoms with Crippen molar-refractivity contribution in [2.45, 2.75) is 24.9 Å². The van der Waals surface area contributed by atoms with E-state index in [-0.39, 0.29) is 56.3 Å². The van der Waals surface area contributed by atoms with Crippen molar-refractivity contribution in [2.75, 3.05) is 46.6 Å². The number of hydrogen-bond donors (Lipinski definition) is 2. The Morgan fingerprint density at radius 3 is 1.41 bits per heavy atom. The quantitative estimate of drug-likeness (QED) is 0.0585. The van der Waals surface area contributed by atoms with Crippen molar-refractivity contribution in [1.82, 2.24) is 0 Å². The van der Waals surface area contributed by atoms with E-state index in [4.69, 9.17) is 45.4 Å². The summed E-state index contributed by atoms with van der Waals surface area (Å²) in [5, 5.41) is 8.16. The van der Waals surface area contributed by atoms with Crippen molar-refractivity contribution in [3.8, 4) is 62.1 Å². The third kappa shape index (κ3) is 18.5. The number of nitrogens with two attached hydrogens (primary N) is 1. The number of rotatable bonds is 15. The zero-order valence-corrected chi connectivity index (χ0v) is 48.1. The fourth-order valence-electron chi connectivity index (χ4n) is 7.51. The molecule has 0 aliphatic carbocycles. The molecule has 3 N–H and O–H groups in total. The van der Waals surface area contributed by atoms with Crippen LogP contribution in [0.4, 0.5) is 17.1 Å². The van der Waals surface area contributed by atoms with Gasteiger partial charge in [0.05, 0.1) is 40.4 Å². The molecule has 0 radical (unpaired) electrons. The summed E-state index contributed by atoms with van der Waals surface area (Å²) in [6, 6.07) is 71.8. The Kier molecular flexibility index (Phi) is 24.1. The molecule has 0 heterocycles. The van der Waals surface area contributed by atoms with Crippen LogP contribution >= 0.6 is 10.7 Å². The summed E-state index contributed by atoms with van der Waals surface area (Å²) >= 11 is 0. The van der Waals surface area contributed by atoms with E-state index in [1.165, 1.54) is 52.6 Å². The van der Waals surface area contributed by atoms with Crippen LogP contribution in [0.15, 0.2) is 223 Å². The van der Waals surface area contributed by atoms with E-state index in [0.29, 0.717) is 12.3 Å². The van der Waals surface area contributed by atoms with Gasteiger partial charge in [-0.15, -0.1) is 12.2 Å². The predicted octanol–water partition coefficient (Wildman–Crippen LogP) is 12.4. The number of methoxy groups -OCH3 is 5. The molecular weight excluding hydrogens is 1010 g/mol. The van der Waals surface area contributed by atoms with Gasteiger partial charge in [-0.2, -0.15) is 0 Å². The molecule has 0 saturated carbocycles. The monoisotopic (exact) mass is 1070 g/mol. The van der Waals surface area contributed by atoms with E-state index in [2.05, 4.69) is 96.3 Å². The van der Waals surface area contributed by atoms with Gasteiger partial charge in [0.1, 0.15) is 5.75 Å². The Labute approximate surface area is 489 Å². The van der Waals surface area contributed by atoms with Crippen molar-refractivity contribution in [1.29, 1.82) is 0 Å². The van der Waals surface area contributed by atoms with Gasteiger partial charge in [-0.1, -0.05) is 163 Å². The summed E-state index contributed by atoms with van der Waals surface area (Å²) in [5.41, 5.74) is 18.8. The molecule has 0 aliphatic heterocycles. The van der Waals surface area contributed by atoms with Crippen LogP contribution < -0.4 is 86.1 Å². The van der Waals surface area contributed by atoms with E-state index in [9.17, 15) is 8.42 Å². The zero-order chi connectivity index (χ0) is 52.7. The van der Waals surface area contributed by atoms with Crippen LogP contribution in [0.1, 0.15) is 16.7 Å². The van der Waals surface area contributed by atoms with E-state index >= 15 is 0 Å². The minimum absolute atomic E-state index is 0. The normalized spacial score (nSPS) is 10.2. The average molecular weight is 1070 g/mol. The molecule has 9 rings (SSSR count). The van der Waals surface area contributed by atoms with Crippen LogP contribution in [0.2, 0.25) is 0 Å². The smallest absolute Gasteiger partial charge is 0.681 e. The summed E-state index contributed by atoms with van der Waals surface area (Å²) in [4.78, 5) is 0.0524. The average Bonchev–Trinajstić information content (AvgIpc) is 3.45. The number of halogens is 1. The van der Waals surface area contributed by atoms with Crippen molar-refractivity contribution >= 4 is 36.8 Å². The second-order valence-electron chi connectivity index (χ2n) is 16.5. The number of benzene rings is 9. The summed E-state index contributed by atoms with van der Waals surface area (Å²) < 4.78 is 48.0. The number of anilines is 2. The molecule has 75 heavy (non-hydrogen) atoms. The van der Waals surface area contributed by atoms with Crippen LogP contribution in [-0.4, -0.2) is 44.0 Å². The maximum absolute atomic E-state index is 10.9. The maximum atomic E-state index is 10.9. The third-order valence-corrected chi connectivity index (χ3v) is 12.8. The first-order chi connectivity index (χ1) is 35.9. The molecule has 0 spiro atoms. The molecular formula is C62H61ClKN3O7S. The molecule has 0 amide bonds. The Balaban J connectivity index is 0.000000192. The molecule has 0 aromatic heterocycles. The van der Waals surface area contributed by atoms with E-state index < -0.39 is 9.05 Å². The first-order valence-corrected chi connectivity index (χ1v) is 25.9. The Morgan fingerprint density at radius 2 is 0.907 bits per heavy atom. The minimum Gasteiger partial charge on any atom is -0.681 e. The van der Waals surface area contributed by atoms with Gasteiger partial charge >= 0.3 is 51.4 Å². The predicted molar refractivity (Wildman–Crippen MR) is 304 cm³/mol. The van der Waals surface area contributed by atoms with E-state index in [0.717, 1.165) is 63.3 Å². The molecule has 9 aromatic rings. The molecule has 0 saturated heterocycles. The van der Waals surface area contributed by atoms with Gasteiger partial charge in [0, 0.05) is 34.7 Å². The van der Waals surface area contributed by atoms with Crippen LogP contribution in [0.5, 0.6) is 28.7 Å².